The molecule has 0 bridgehead atoms. The third kappa shape index (κ3) is 8.16. The van der Waals surface area contributed by atoms with Gasteiger partial charge in [0.25, 0.3) is 0 Å². The van der Waals surface area contributed by atoms with E-state index in [2.05, 4.69) is 10.6 Å². The maximum atomic E-state index is 11.1. The number of carboxylic acid groups (broad SMARTS) is 1. The van der Waals surface area contributed by atoms with E-state index in [-0.39, 0.29) is 25.4 Å². The predicted octanol–water partition coefficient (Wildman–Crippen LogP) is -1.83. The molecule has 7 nitrogen and oxygen atoms in total. The van der Waals surface area contributed by atoms with Gasteiger partial charge in [-0.3, -0.25) is 4.79 Å². The average Bonchev–Trinajstić information content (AvgIpc) is 2.24. The number of rotatable bonds is 9. The summed E-state index contributed by atoms with van der Waals surface area (Å²) in [7, 11) is 1.56. The monoisotopic (exact) mass is 234 g/mol. The number of carboxylic acids is 1. The lowest BCUT2D eigenvalue weighted by molar-refractivity contribution is -0.147. The zero-order chi connectivity index (χ0) is 12.4. The Morgan fingerprint density at radius 2 is 2.06 bits per heavy atom. The van der Waals surface area contributed by atoms with Crippen molar-refractivity contribution >= 4 is 11.9 Å². The lowest BCUT2D eigenvalue weighted by Crippen LogP contribution is -2.37. The highest BCUT2D eigenvalue weighted by molar-refractivity contribution is 5.78. The molecule has 0 radical (unpaired) electrons. The van der Waals surface area contributed by atoms with E-state index in [9.17, 15) is 9.59 Å². The summed E-state index contributed by atoms with van der Waals surface area (Å²) < 4.78 is 4.77. The van der Waals surface area contributed by atoms with Crippen LogP contribution in [-0.2, 0) is 14.3 Å². The number of aliphatic carboxylic acids is 1. The van der Waals surface area contributed by atoms with Crippen LogP contribution < -0.4 is 10.6 Å². The number of amides is 1. The first-order chi connectivity index (χ1) is 7.57. The molecule has 0 rings (SSSR count). The highest BCUT2D eigenvalue weighted by Crippen LogP contribution is 1.88. The molecule has 0 aromatic rings. The van der Waals surface area contributed by atoms with Crippen LogP contribution in [0.15, 0.2) is 0 Å². The highest BCUT2D eigenvalue weighted by Gasteiger charge is 2.12. The second kappa shape index (κ2) is 9.08. The first-order valence-corrected chi connectivity index (χ1v) is 4.95. The van der Waals surface area contributed by atoms with Crippen molar-refractivity contribution in [2.24, 2.45) is 0 Å². The Kier molecular flexibility index (Phi) is 8.41. The van der Waals surface area contributed by atoms with Crippen molar-refractivity contribution < 1.29 is 24.5 Å². The maximum Gasteiger partial charge on any atom is 0.332 e. The fourth-order valence-electron chi connectivity index (χ4n) is 0.910. The molecule has 0 aliphatic heterocycles. The van der Waals surface area contributed by atoms with E-state index >= 15 is 0 Å². The Bertz CT molecular complexity index is 222. The molecule has 0 spiro atoms. The van der Waals surface area contributed by atoms with Gasteiger partial charge in [-0.25, -0.2) is 4.79 Å². The number of aliphatic hydroxyl groups excluding tert-OH is 1. The zero-order valence-corrected chi connectivity index (χ0v) is 9.23. The van der Waals surface area contributed by atoms with Crippen molar-refractivity contribution in [3.63, 3.8) is 0 Å². The standard InChI is InChI=1S/C9H18N2O5/c1-16-5-4-10-6-8(13)11-3-2-7(12)9(14)15/h7,10,12H,2-6H2,1H3,(H,11,13)(H,14,15). The summed E-state index contributed by atoms with van der Waals surface area (Å²) in [5.41, 5.74) is 0. The van der Waals surface area contributed by atoms with Gasteiger partial charge in [-0.2, -0.15) is 0 Å². The summed E-state index contributed by atoms with van der Waals surface area (Å²) in [4.78, 5) is 21.3. The van der Waals surface area contributed by atoms with Crippen LogP contribution in [0.5, 0.6) is 0 Å². The Morgan fingerprint density at radius 1 is 1.38 bits per heavy atom. The second-order valence-electron chi connectivity index (χ2n) is 3.16. The number of methoxy groups -OCH3 is 1. The Labute approximate surface area is 93.8 Å². The Balaban J connectivity index is 3.40. The number of hydrogen-bond donors (Lipinski definition) is 4. The number of hydrogen-bond acceptors (Lipinski definition) is 5. The van der Waals surface area contributed by atoms with Crippen molar-refractivity contribution in [3.05, 3.63) is 0 Å². The SMILES string of the molecule is COCCNCC(=O)NCCC(O)C(=O)O. The first-order valence-electron chi connectivity index (χ1n) is 4.95. The lowest BCUT2D eigenvalue weighted by atomic mass is 10.2. The minimum atomic E-state index is -1.43. The molecule has 1 atom stereocenters. The molecule has 0 aliphatic carbocycles. The normalized spacial score (nSPS) is 12.1. The number of nitrogens with one attached hydrogen (secondary N) is 2. The Hall–Kier alpha value is -1.18. The van der Waals surface area contributed by atoms with Gasteiger partial charge in [0.05, 0.1) is 13.2 Å². The molecular weight excluding hydrogens is 216 g/mol. The van der Waals surface area contributed by atoms with Crippen molar-refractivity contribution in [3.8, 4) is 0 Å². The summed E-state index contributed by atoms with van der Waals surface area (Å²) >= 11 is 0. The zero-order valence-electron chi connectivity index (χ0n) is 9.23. The molecule has 94 valence electrons. The van der Waals surface area contributed by atoms with E-state index in [1.165, 1.54) is 0 Å². The van der Waals surface area contributed by atoms with Gasteiger partial charge >= 0.3 is 5.97 Å². The molecule has 0 heterocycles. The maximum absolute atomic E-state index is 11.1. The smallest absolute Gasteiger partial charge is 0.332 e. The van der Waals surface area contributed by atoms with Crippen molar-refractivity contribution in [2.75, 3.05) is 33.4 Å². The molecule has 0 fully saturated rings. The van der Waals surface area contributed by atoms with Crippen LogP contribution in [0, 0.1) is 0 Å². The van der Waals surface area contributed by atoms with Crippen LogP contribution in [0.4, 0.5) is 0 Å². The van der Waals surface area contributed by atoms with E-state index in [0.29, 0.717) is 13.2 Å². The van der Waals surface area contributed by atoms with Gasteiger partial charge in [0.1, 0.15) is 0 Å². The lowest BCUT2D eigenvalue weighted by Gasteiger charge is -2.07. The number of ether oxygens (including phenoxy) is 1. The Morgan fingerprint density at radius 3 is 2.62 bits per heavy atom. The van der Waals surface area contributed by atoms with E-state index < -0.39 is 12.1 Å². The molecule has 1 amide bonds. The first kappa shape index (κ1) is 14.8. The van der Waals surface area contributed by atoms with E-state index in [4.69, 9.17) is 14.9 Å². The molecule has 0 aliphatic rings. The minimum Gasteiger partial charge on any atom is -0.479 e. The van der Waals surface area contributed by atoms with Crippen molar-refractivity contribution in [1.82, 2.24) is 10.6 Å². The summed E-state index contributed by atoms with van der Waals surface area (Å²) in [5, 5.41) is 22.6. The number of carbonyl (C=O) groups is 2. The summed E-state index contributed by atoms with van der Waals surface area (Å²) in [6.45, 7) is 1.37. The third-order valence-corrected chi connectivity index (χ3v) is 1.79. The van der Waals surface area contributed by atoms with Gasteiger partial charge < -0.3 is 25.6 Å². The van der Waals surface area contributed by atoms with Crippen LogP contribution in [-0.4, -0.2) is 61.5 Å². The van der Waals surface area contributed by atoms with Crippen LogP contribution in [0.2, 0.25) is 0 Å². The predicted molar refractivity (Wildman–Crippen MR) is 56.0 cm³/mol. The third-order valence-electron chi connectivity index (χ3n) is 1.79. The van der Waals surface area contributed by atoms with E-state index in [0.717, 1.165) is 0 Å². The van der Waals surface area contributed by atoms with Crippen LogP contribution in [0.25, 0.3) is 0 Å². The molecule has 16 heavy (non-hydrogen) atoms. The molecule has 7 heteroatoms. The van der Waals surface area contributed by atoms with Gasteiger partial charge in [0.2, 0.25) is 5.91 Å². The molecular formula is C9H18N2O5. The molecule has 0 aromatic carbocycles. The van der Waals surface area contributed by atoms with Crippen molar-refractivity contribution in [1.29, 1.82) is 0 Å². The van der Waals surface area contributed by atoms with Crippen LogP contribution in [0.3, 0.4) is 0 Å². The molecule has 0 saturated carbocycles. The van der Waals surface area contributed by atoms with Gasteiger partial charge in [0, 0.05) is 26.6 Å². The van der Waals surface area contributed by atoms with Crippen LogP contribution in [0.1, 0.15) is 6.42 Å². The largest absolute Gasteiger partial charge is 0.479 e. The fourth-order valence-corrected chi connectivity index (χ4v) is 0.910. The van der Waals surface area contributed by atoms with Crippen LogP contribution >= 0.6 is 0 Å². The highest BCUT2D eigenvalue weighted by atomic mass is 16.5. The van der Waals surface area contributed by atoms with Crippen molar-refractivity contribution in [2.45, 2.75) is 12.5 Å². The van der Waals surface area contributed by atoms with Gasteiger partial charge in [-0.1, -0.05) is 0 Å². The molecule has 0 saturated heterocycles. The summed E-state index contributed by atoms with van der Waals surface area (Å²) in [6, 6.07) is 0. The minimum absolute atomic E-state index is 0.000849. The summed E-state index contributed by atoms with van der Waals surface area (Å²) in [6.07, 6.45) is -1.43. The molecule has 1 unspecified atom stereocenters. The topological polar surface area (TPSA) is 108 Å². The molecule has 0 aromatic heterocycles. The average molecular weight is 234 g/mol. The second-order valence-corrected chi connectivity index (χ2v) is 3.16. The number of aliphatic hydroxyl groups is 1. The van der Waals surface area contributed by atoms with Gasteiger partial charge in [0.15, 0.2) is 6.10 Å². The van der Waals surface area contributed by atoms with E-state index in [1.807, 2.05) is 0 Å². The van der Waals surface area contributed by atoms with E-state index in [1.54, 1.807) is 7.11 Å². The van der Waals surface area contributed by atoms with Gasteiger partial charge in [-0.15, -0.1) is 0 Å². The fraction of sp³-hybridized carbons (Fsp3) is 0.778. The number of carbonyl (C=O) groups excluding carboxylic acids is 1. The van der Waals surface area contributed by atoms with Gasteiger partial charge in [-0.05, 0) is 0 Å². The molecule has 4 N–H and O–H groups in total. The summed E-state index contributed by atoms with van der Waals surface area (Å²) in [5.74, 6) is -1.53. The quantitative estimate of drug-likeness (QED) is 0.350.